The lowest BCUT2D eigenvalue weighted by Gasteiger charge is -2.32. The second kappa shape index (κ2) is 7.67. The molecule has 0 aromatic heterocycles. The highest BCUT2D eigenvalue weighted by Crippen LogP contribution is 2.32. The standard InChI is InChI=1S/C14H23NO5/c1-7-11(20-10(2)16)14(3,13(18)19-6)9-8-12(17)15(4)5/h7,11H,1,8-9H2,2-6H3/t11?,14-/m0/s1. The summed E-state index contributed by atoms with van der Waals surface area (Å²) in [6.07, 6.45) is 0.867. The minimum atomic E-state index is -1.14. The van der Waals surface area contributed by atoms with Gasteiger partial charge >= 0.3 is 11.9 Å². The van der Waals surface area contributed by atoms with E-state index in [1.54, 1.807) is 21.0 Å². The minimum absolute atomic E-state index is 0.120. The van der Waals surface area contributed by atoms with Crippen molar-refractivity contribution in [3.63, 3.8) is 0 Å². The number of hydrogen-bond donors (Lipinski definition) is 0. The lowest BCUT2D eigenvalue weighted by molar-refractivity contribution is -0.166. The molecule has 0 spiro atoms. The molecule has 0 rings (SSSR count). The summed E-state index contributed by atoms with van der Waals surface area (Å²) in [4.78, 5) is 36.2. The molecular formula is C14H23NO5. The maximum absolute atomic E-state index is 12.0. The first-order chi connectivity index (χ1) is 9.18. The van der Waals surface area contributed by atoms with E-state index < -0.39 is 23.5 Å². The van der Waals surface area contributed by atoms with E-state index in [0.717, 1.165) is 0 Å². The number of hydrogen-bond acceptors (Lipinski definition) is 5. The van der Waals surface area contributed by atoms with Gasteiger partial charge in [-0.1, -0.05) is 12.7 Å². The molecule has 0 heterocycles. The Morgan fingerprint density at radius 2 is 1.90 bits per heavy atom. The van der Waals surface area contributed by atoms with Gasteiger partial charge in [-0.05, 0) is 13.3 Å². The normalized spacial score (nSPS) is 14.7. The molecule has 6 heteroatoms. The number of rotatable bonds is 7. The van der Waals surface area contributed by atoms with Crippen molar-refractivity contribution in [3.05, 3.63) is 12.7 Å². The average molecular weight is 285 g/mol. The Balaban J connectivity index is 5.17. The molecule has 2 atom stereocenters. The van der Waals surface area contributed by atoms with Gasteiger partial charge in [-0.3, -0.25) is 14.4 Å². The van der Waals surface area contributed by atoms with Crippen molar-refractivity contribution in [2.75, 3.05) is 21.2 Å². The van der Waals surface area contributed by atoms with Crippen molar-refractivity contribution in [2.45, 2.75) is 32.8 Å². The molecular weight excluding hydrogens is 262 g/mol. The summed E-state index contributed by atoms with van der Waals surface area (Å²) in [6, 6.07) is 0. The van der Waals surface area contributed by atoms with Gasteiger partial charge in [0.15, 0.2) is 0 Å². The van der Waals surface area contributed by atoms with Gasteiger partial charge in [-0.15, -0.1) is 0 Å². The van der Waals surface area contributed by atoms with Gasteiger partial charge in [0.25, 0.3) is 0 Å². The van der Waals surface area contributed by atoms with E-state index in [2.05, 4.69) is 6.58 Å². The zero-order valence-electron chi connectivity index (χ0n) is 12.8. The Morgan fingerprint density at radius 3 is 2.25 bits per heavy atom. The highest BCUT2D eigenvalue weighted by atomic mass is 16.6. The zero-order chi connectivity index (χ0) is 15.9. The molecule has 20 heavy (non-hydrogen) atoms. The monoisotopic (exact) mass is 285 g/mol. The van der Waals surface area contributed by atoms with Gasteiger partial charge in [0.2, 0.25) is 5.91 Å². The third kappa shape index (κ3) is 4.68. The average Bonchev–Trinajstić information content (AvgIpc) is 2.40. The predicted molar refractivity (Wildman–Crippen MR) is 73.8 cm³/mol. The van der Waals surface area contributed by atoms with E-state index in [-0.39, 0.29) is 18.7 Å². The van der Waals surface area contributed by atoms with Crippen LogP contribution in [0.2, 0.25) is 0 Å². The number of ether oxygens (including phenoxy) is 2. The van der Waals surface area contributed by atoms with E-state index in [0.29, 0.717) is 0 Å². The number of esters is 2. The van der Waals surface area contributed by atoms with Crippen molar-refractivity contribution in [3.8, 4) is 0 Å². The van der Waals surface area contributed by atoms with Crippen molar-refractivity contribution in [2.24, 2.45) is 5.41 Å². The van der Waals surface area contributed by atoms with Crippen molar-refractivity contribution < 1.29 is 23.9 Å². The Hall–Kier alpha value is -1.85. The van der Waals surface area contributed by atoms with Gasteiger partial charge in [-0.25, -0.2) is 0 Å². The molecule has 0 aliphatic carbocycles. The third-order valence-electron chi connectivity index (χ3n) is 3.14. The molecule has 1 unspecified atom stereocenters. The molecule has 0 aliphatic rings. The first-order valence-corrected chi connectivity index (χ1v) is 6.27. The van der Waals surface area contributed by atoms with Gasteiger partial charge in [0.1, 0.15) is 11.5 Å². The highest BCUT2D eigenvalue weighted by molar-refractivity contribution is 5.80. The SMILES string of the molecule is C=CC(OC(C)=O)[C@](C)(CCC(=O)N(C)C)C(=O)OC. The molecule has 0 aromatic carbocycles. The Kier molecular flexibility index (Phi) is 6.96. The Morgan fingerprint density at radius 1 is 1.35 bits per heavy atom. The van der Waals surface area contributed by atoms with Crippen LogP contribution in [0, 0.1) is 5.41 Å². The fourth-order valence-electron chi connectivity index (χ4n) is 1.80. The number of carbonyl (C=O) groups is 3. The maximum Gasteiger partial charge on any atom is 0.315 e. The second-order valence-corrected chi connectivity index (χ2v) is 4.96. The van der Waals surface area contributed by atoms with Crippen molar-refractivity contribution in [1.82, 2.24) is 4.90 Å². The molecule has 0 bridgehead atoms. The lowest BCUT2D eigenvalue weighted by Crippen LogP contribution is -2.43. The molecule has 6 nitrogen and oxygen atoms in total. The van der Waals surface area contributed by atoms with E-state index >= 15 is 0 Å². The second-order valence-electron chi connectivity index (χ2n) is 4.96. The lowest BCUT2D eigenvalue weighted by atomic mass is 9.79. The van der Waals surface area contributed by atoms with Crippen LogP contribution in [-0.4, -0.2) is 50.1 Å². The van der Waals surface area contributed by atoms with E-state index in [9.17, 15) is 14.4 Å². The van der Waals surface area contributed by atoms with Crippen LogP contribution in [0.15, 0.2) is 12.7 Å². The quantitative estimate of drug-likeness (QED) is 0.518. The minimum Gasteiger partial charge on any atom is -0.468 e. The molecule has 0 aromatic rings. The van der Waals surface area contributed by atoms with Gasteiger partial charge in [0.05, 0.1) is 7.11 Å². The summed E-state index contributed by atoms with van der Waals surface area (Å²) in [5, 5.41) is 0. The molecule has 1 amide bonds. The zero-order valence-corrected chi connectivity index (χ0v) is 12.8. The molecule has 114 valence electrons. The smallest absolute Gasteiger partial charge is 0.315 e. The van der Waals surface area contributed by atoms with Crippen LogP contribution in [0.1, 0.15) is 26.7 Å². The van der Waals surface area contributed by atoms with Gasteiger partial charge in [-0.2, -0.15) is 0 Å². The van der Waals surface area contributed by atoms with Crippen LogP contribution in [0.5, 0.6) is 0 Å². The summed E-state index contributed by atoms with van der Waals surface area (Å²) in [6.45, 7) is 6.42. The van der Waals surface area contributed by atoms with Gasteiger partial charge in [0, 0.05) is 27.4 Å². The Bertz CT molecular complexity index is 391. The highest BCUT2D eigenvalue weighted by Gasteiger charge is 2.43. The van der Waals surface area contributed by atoms with Crippen LogP contribution in [0.25, 0.3) is 0 Å². The largest absolute Gasteiger partial charge is 0.468 e. The molecule has 0 radical (unpaired) electrons. The van der Waals surface area contributed by atoms with E-state index in [1.807, 2.05) is 0 Å². The maximum atomic E-state index is 12.0. The van der Waals surface area contributed by atoms with Crippen LogP contribution >= 0.6 is 0 Å². The fraction of sp³-hybridized carbons (Fsp3) is 0.643. The third-order valence-corrected chi connectivity index (χ3v) is 3.14. The van der Waals surface area contributed by atoms with Crippen LogP contribution in [0.4, 0.5) is 0 Å². The first-order valence-electron chi connectivity index (χ1n) is 6.27. The Labute approximate surface area is 119 Å². The molecule has 0 fully saturated rings. The molecule has 0 saturated carbocycles. The summed E-state index contributed by atoms with van der Waals surface area (Å²) < 4.78 is 9.87. The fourth-order valence-corrected chi connectivity index (χ4v) is 1.80. The van der Waals surface area contributed by atoms with E-state index in [4.69, 9.17) is 9.47 Å². The van der Waals surface area contributed by atoms with E-state index in [1.165, 1.54) is 25.0 Å². The summed E-state index contributed by atoms with van der Waals surface area (Å²) >= 11 is 0. The number of carbonyl (C=O) groups excluding carboxylic acids is 3. The first kappa shape index (κ1) is 18.1. The van der Waals surface area contributed by atoms with Crippen molar-refractivity contribution in [1.29, 1.82) is 0 Å². The summed E-state index contributed by atoms with van der Waals surface area (Å²) in [7, 11) is 4.52. The van der Waals surface area contributed by atoms with Crippen LogP contribution in [0.3, 0.4) is 0 Å². The topological polar surface area (TPSA) is 72.9 Å². The summed E-state index contributed by atoms with van der Waals surface area (Å²) in [5.74, 6) is -1.19. The van der Waals surface area contributed by atoms with Crippen LogP contribution in [-0.2, 0) is 23.9 Å². The summed E-state index contributed by atoms with van der Waals surface area (Å²) in [5.41, 5.74) is -1.14. The van der Waals surface area contributed by atoms with Gasteiger partial charge < -0.3 is 14.4 Å². The molecule has 0 saturated heterocycles. The number of methoxy groups -OCH3 is 1. The molecule has 0 N–H and O–H groups in total. The van der Waals surface area contributed by atoms with Crippen LogP contribution < -0.4 is 0 Å². The number of nitrogens with zero attached hydrogens (tertiary/aromatic N) is 1. The number of amides is 1. The molecule has 0 aliphatic heterocycles. The van der Waals surface area contributed by atoms with Crippen molar-refractivity contribution >= 4 is 17.8 Å². The predicted octanol–water partition coefficient (Wildman–Crippen LogP) is 1.15.